The molecule has 0 spiro atoms. The van der Waals surface area contributed by atoms with Gasteiger partial charge in [-0.1, -0.05) is 127 Å². The Morgan fingerprint density at radius 2 is 1.04 bits per heavy atom. The summed E-state index contributed by atoms with van der Waals surface area (Å²) in [4.78, 5) is 37.0. The van der Waals surface area contributed by atoms with Crippen molar-refractivity contribution >= 4 is 90.3 Å². The van der Waals surface area contributed by atoms with E-state index in [1.54, 1.807) is 43.0 Å². The van der Waals surface area contributed by atoms with Gasteiger partial charge in [-0.2, -0.15) is 27.0 Å². The van der Waals surface area contributed by atoms with E-state index in [9.17, 15) is 25.0 Å². The van der Waals surface area contributed by atoms with Gasteiger partial charge in [0, 0.05) is 50.8 Å². The normalized spacial score (nSPS) is 11.7. The fourth-order valence-electron chi connectivity index (χ4n) is 7.64. The van der Waals surface area contributed by atoms with E-state index in [4.69, 9.17) is 28.9 Å². The zero-order valence-corrected chi connectivity index (χ0v) is 45.8. The molecule has 4 N–H and O–H groups in total. The predicted octanol–water partition coefficient (Wildman–Crippen LogP) is 16.3. The van der Waals surface area contributed by atoms with Crippen LogP contribution in [0.15, 0.2) is 121 Å². The van der Waals surface area contributed by atoms with Crippen molar-refractivity contribution in [1.82, 2.24) is 0 Å². The summed E-state index contributed by atoms with van der Waals surface area (Å²) in [5.74, 6) is 0. The van der Waals surface area contributed by atoms with Crippen LogP contribution < -0.4 is 21.3 Å². The molecule has 15 heteroatoms. The van der Waals surface area contributed by atoms with Gasteiger partial charge in [0.2, 0.25) is 0 Å². The van der Waals surface area contributed by atoms with Crippen molar-refractivity contribution in [3.05, 3.63) is 196 Å². The second kappa shape index (κ2) is 26.5. The largest absolute Gasteiger partial charge is 0.398 e. The number of carbonyl (C=O) groups excluding carboxylic acids is 1. The van der Waals surface area contributed by atoms with Gasteiger partial charge >= 0.3 is 6.03 Å². The van der Waals surface area contributed by atoms with Crippen molar-refractivity contribution in [3.63, 3.8) is 0 Å². The highest BCUT2D eigenvalue weighted by atomic mass is 35.5. The Labute approximate surface area is 438 Å². The summed E-state index contributed by atoms with van der Waals surface area (Å²) in [6.45, 7) is 23.8. The van der Waals surface area contributed by atoms with Crippen molar-refractivity contribution in [2.75, 3.05) is 21.3 Å². The van der Waals surface area contributed by atoms with E-state index in [2.05, 4.69) is 67.8 Å². The number of halogens is 2. The summed E-state index contributed by atoms with van der Waals surface area (Å²) >= 11 is 12.0. The third kappa shape index (κ3) is 16.2. The highest BCUT2D eigenvalue weighted by Gasteiger charge is 2.29. The second-order valence-corrected chi connectivity index (χ2v) is 19.7. The van der Waals surface area contributed by atoms with Crippen molar-refractivity contribution in [2.45, 2.75) is 119 Å². The molecular weight excluding hydrogens is 960 g/mol. The second-order valence-electron chi connectivity index (χ2n) is 18.8. The summed E-state index contributed by atoms with van der Waals surface area (Å²) in [7, 11) is 0. The maximum atomic E-state index is 13.9. The van der Waals surface area contributed by atoms with Crippen LogP contribution in [0, 0.1) is 34.1 Å². The van der Waals surface area contributed by atoms with Crippen LogP contribution in [-0.4, -0.2) is 15.9 Å². The number of benzene rings is 6. The molecule has 11 nitrogen and oxygen atoms in total. The molecule has 0 bridgehead atoms. The molecule has 0 aliphatic rings. The standard InChI is InChI=1S/C28H32ClN3O3.C16H18ClN.C11H16N2O2.2H2S/c1-7-20-8-14-23(15-9-20)31(19(3)21-10-12-22(29)13-11-21)27(33)30-26-18(2)25(32(34)35)17-16-24(26)28(4,5)6;1-3-13-4-10-16(11-5-13)18-12(2)14-6-8-15(17)9-7-14;1-7-9(13(14)15)6-5-8(10(7)12)11(2,3)4;;/h8-17,19H,7H2,1-6H3,(H,30,33);4-12,18H,3H2,1-2H3;5-6H,12H2,1-4H3;2*1H2/t19-;12-;;;/m00.../s1. The quantitative estimate of drug-likeness (QED) is 0.0662. The molecule has 0 radical (unpaired) electrons. The number of rotatable bonds is 11. The maximum Gasteiger partial charge on any atom is 0.326 e. The minimum Gasteiger partial charge on any atom is -0.398 e. The summed E-state index contributed by atoms with van der Waals surface area (Å²) < 4.78 is 0. The van der Waals surface area contributed by atoms with Crippen molar-refractivity contribution in [3.8, 4) is 0 Å². The highest BCUT2D eigenvalue weighted by Crippen LogP contribution is 2.38. The van der Waals surface area contributed by atoms with Crippen LogP contribution in [0.25, 0.3) is 0 Å². The lowest BCUT2D eigenvalue weighted by molar-refractivity contribution is -0.385. The Bertz CT molecular complexity index is 2670. The summed E-state index contributed by atoms with van der Waals surface area (Å²) in [6, 6.07) is 37.9. The van der Waals surface area contributed by atoms with E-state index in [1.807, 2.05) is 97.0 Å². The zero-order chi connectivity index (χ0) is 50.7. The molecule has 0 saturated carbocycles. The van der Waals surface area contributed by atoms with Gasteiger partial charge in [-0.15, -0.1) is 0 Å². The van der Waals surface area contributed by atoms with E-state index in [1.165, 1.54) is 23.3 Å². The van der Waals surface area contributed by atoms with E-state index >= 15 is 0 Å². The summed E-state index contributed by atoms with van der Waals surface area (Å²) in [6.07, 6.45) is 1.97. The van der Waals surface area contributed by atoms with E-state index in [0.29, 0.717) is 27.5 Å². The molecule has 2 atom stereocenters. The number of aryl methyl sites for hydroxylation is 2. The van der Waals surface area contributed by atoms with Crippen LogP contribution in [-0.2, 0) is 23.7 Å². The van der Waals surface area contributed by atoms with Crippen LogP contribution in [0.1, 0.15) is 126 Å². The molecule has 0 heterocycles. The first kappa shape index (κ1) is 60.4. The predicted molar refractivity (Wildman–Crippen MR) is 305 cm³/mol. The number of hydrogen-bond donors (Lipinski definition) is 3. The molecule has 0 saturated heterocycles. The first-order chi connectivity index (χ1) is 31.9. The lowest BCUT2D eigenvalue weighted by Crippen LogP contribution is -2.38. The number of amides is 2. The Hall–Kier alpha value is -5.73. The number of nitrogens with zero attached hydrogens (tertiary/aromatic N) is 3. The van der Waals surface area contributed by atoms with Crippen molar-refractivity contribution < 1.29 is 14.6 Å². The molecule has 0 aliphatic heterocycles. The van der Waals surface area contributed by atoms with Gasteiger partial charge in [0.1, 0.15) is 0 Å². The topological polar surface area (TPSA) is 157 Å². The number of hydrogen-bond acceptors (Lipinski definition) is 7. The summed E-state index contributed by atoms with van der Waals surface area (Å²) in [5, 5.41) is 30.2. The lowest BCUT2D eigenvalue weighted by atomic mass is 9.84. The van der Waals surface area contributed by atoms with Gasteiger partial charge < -0.3 is 16.4 Å². The van der Waals surface area contributed by atoms with Crippen LogP contribution in [0.2, 0.25) is 10.0 Å². The minimum atomic E-state index is -0.422. The first-order valence-corrected chi connectivity index (χ1v) is 23.5. The van der Waals surface area contributed by atoms with Crippen molar-refractivity contribution in [2.24, 2.45) is 0 Å². The smallest absolute Gasteiger partial charge is 0.326 e. The molecule has 376 valence electrons. The molecule has 2 amide bonds. The molecule has 6 aromatic rings. The Morgan fingerprint density at radius 1 is 0.629 bits per heavy atom. The van der Waals surface area contributed by atoms with Gasteiger partial charge in [-0.3, -0.25) is 25.1 Å². The molecule has 0 aliphatic carbocycles. The number of nitrogens with one attached hydrogen (secondary N) is 2. The third-order valence-corrected chi connectivity index (χ3v) is 12.4. The lowest BCUT2D eigenvalue weighted by Gasteiger charge is -2.32. The SMILES string of the molecule is CCc1ccc(N(C(=O)Nc2c(C(C)(C)C)ccc([N+](=O)[O-])c2C)[C@@H](C)c2ccc(Cl)cc2)cc1.CCc1ccc(N[C@@H](C)c2ccc(Cl)cc2)cc1.Cc1c([N+](=O)[O-])ccc(C(C)(C)C)c1N.S.S. The first-order valence-electron chi connectivity index (χ1n) is 22.8. The fourth-order valence-corrected chi connectivity index (χ4v) is 7.89. The number of nitrogen functional groups attached to an aromatic ring is 1. The van der Waals surface area contributed by atoms with Gasteiger partial charge in [-0.05, 0) is 145 Å². The number of nitrogens with two attached hydrogens (primary N) is 1. The number of anilines is 4. The van der Waals surface area contributed by atoms with E-state index in [-0.39, 0.29) is 67.3 Å². The molecule has 0 unspecified atom stereocenters. The molecule has 6 aromatic carbocycles. The van der Waals surface area contributed by atoms with Crippen LogP contribution in [0.5, 0.6) is 0 Å². The molecular formula is C55H70Cl2N6O5S2. The monoisotopic (exact) mass is 1030 g/mol. The highest BCUT2D eigenvalue weighted by molar-refractivity contribution is 7.59. The van der Waals surface area contributed by atoms with Crippen LogP contribution >= 0.6 is 50.2 Å². The maximum absolute atomic E-state index is 13.9. The van der Waals surface area contributed by atoms with Gasteiger partial charge in [0.25, 0.3) is 11.4 Å². The van der Waals surface area contributed by atoms with Gasteiger partial charge in [-0.25, -0.2) is 4.79 Å². The third-order valence-electron chi connectivity index (χ3n) is 11.9. The Kier molecular flexibility index (Phi) is 22.8. The summed E-state index contributed by atoms with van der Waals surface area (Å²) in [5.41, 5.74) is 15.8. The molecule has 6 rings (SSSR count). The Balaban J connectivity index is 0.000000401. The number of nitro groups is 2. The number of carbonyl (C=O) groups is 1. The molecule has 0 fully saturated rings. The average molecular weight is 1030 g/mol. The minimum absolute atomic E-state index is 0. The fraction of sp³-hybridized carbons (Fsp3) is 0.327. The van der Waals surface area contributed by atoms with E-state index < -0.39 is 9.85 Å². The van der Waals surface area contributed by atoms with Crippen LogP contribution in [0.4, 0.5) is 38.9 Å². The Morgan fingerprint density at radius 3 is 1.47 bits per heavy atom. The van der Waals surface area contributed by atoms with E-state index in [0.717, 1.165) is 51.5 Å². The average Bonchev–Trinajstić information content (AvgIpc) is 3.28. The molecule has 0 aromatic heterocycles. The number of urea groups is 1. The number of nitro benzene ring substituents is 2. The van der Waals surface area contributed by atoms with Gasteiger partial charge in [0.05, 0.1) is 27.1 Å². The molecule has 70 heavy (non-hydrogen) atoms. The van der Waals surface area contributed by atoms with Gasteiger partial charge in [0.15, 0.2) is 0 Å². The van der Waals surface area contributed by atoms with Crippen molar-refractivity contribution in [1.29, 1.82) is 0 Å². The zero-order valence-electron chi connectivity index (χ0n) is 42.3. The van der Waals surface area contributed by atoms with Crippen LogP contribution in [0.3, 0.4) is 0 Å².